The van der Waals surface area contributed by atoms with Crippen LogP contribution in [0.1, 0.15) is 17.2 Å². The van der Waals surface area contributed by atoms with E-state index in [9.17, 15) is 5.11 Å². The van der Waals surface area contributed by atoms with E-state index in [1.54, 1.807) is 21.3 Å². The maximum atomic E-state index is 10.0. The molecule has 0 bridgehead atoms. The maximum Gasteiger partial charge on any atom is 0.133 e. The van der Waals surface area contributed by atoms with Crippen molar-refractivity contribution in [1.29, 1.82) is 0 Å². The van der Waals surface area contributed by atoms with Gasteiger partial charge in [0.05, 0.1) is 24.3 Å². The number of hydrogen-bond donors (Lipinski definition) is 2. The Morgan fingerprint density at radius 2 is 2.12 bits per heavy atom. The quantitative estimate of drug-likeness (QED) is 0.842. The van der Waals surface area contributed by atoms with Crippen molar-refractivity contribution in [2.75, 3.05) is 27.8 Å². The summed E-state index contributed by atoms with van der Waals surface area (Å²) in [4.78, 5) is 0. The summed E-state index contributed by atoms with van der Waals surface area (Å²) in [5.41, 5.74) is 1.77. The molecule has 1 aromatic rings. The number of rotatable bonds is 6. The Morgan fingerprint density at radius 3 is 2.65 bits per heavy atom. The van der Waals surface area contributed by atoms with Crippen molar-refractivity contribution in [1.82, 2.24) is 5.32 Å². The van der Waals surface area contributed by atoms with Gasteiger partial charge in [-0.1, -0.05) is 0 Å². The van der Waals surface area contributed by atoms with E-state index >= 15 is 0 Å². The van der Waals surface area contributed by atoms with Gasteiger partial charge in [-0.25, -0.2) is 0 Å². The third-order valence-corrected chi connectivity index (χ3v) is 3.09. The van der Waals surface area contributed by atoms with Gasteiger partial charge in [0.15, 0.2) is 0 Å². The number of ether oxygens (including phenoxy) is 2. The standard InChI is InChI=1S/C12H18BrNO3/c1-14-6-11(15)9-5-10(13)12(17-3)4-8(9)7-16-2/h4-5,11,14-15H,6-7H2,1-3H3. The molecule has 1 aromatic carbocycles. The van der Waals surface area contributed by atoms with Crippen LogP contribution in [0.15, 0.2) is 16.6 Å². The molecule has 2 N–H and O–H groups in total. The fourth-order valence-electron chi connectivity index (χ4n) is 1.66. The van der Waals surface area contributed by atoms with E-state index < -0.39 is 6.10 Å². The predicted octanol–water partition coefficient (Wildman–Crippen LogP) is 1.86. The summed E-state index contributed by atoms with van der Waals surface area (Å²) in [5.74, 6) is 0.734. The minimum absolute atomic E-state index is 0.444. The highest BCUT2D eigenvalue weighted by Gasteiger charge is 2.15. The number of likely N-dealkylation sites (N-methyl/N-ethyl adjacent to an activating group) is 1. The molecule has 4 nitrogen and oxygen atoms in total. The van der Waals surface area contributed by atoms with Crippen molar-refractivity contribution in [3.05, 3.63) is 27.7 Å². The molecule has 5 heteroatoms. The van der Waals surface area contributed by atoms with Crippen LogP contribution in [0, 0.1) is 0 Å². The lowest BCUT2D eigenvalue weighted by Gasteiger charge is -2.17. The summed E-state index contributed by atoms with van der Waals surface area (Å²) in [7, 11) is 5.04. The van der Waals surface area contributed by atoms with Crippen molar-refractivity contribution in [2.24, 2.45) is 0 Å². The summed E-state index contributed by atoms with van der Waals surface area (Å²) in [6, 6.07) is 3.75. The number of benzene rings is 1. The molecule has 1 rings (SSSR count). The number of nitrogens with one attached hydrogen (secondary N) is 1. The lowest BCUT2D eigenvalue weighted by Crippen LogP contribution is -2.18. The van der Waals surface area contributed by atoms with Crippen molar-refractivity contribution in [2.45, 2.75) is 12.7 Å². The topological polar surface area (TPSA) is 50.7 Å². The number of halogens is 1. The Kier molecular flexibility index (Phi) is 5.91. The molecule has 0 aliphatic rings. The lowest BCUT2D eigenvalue weighted by molar-refractivity contribution is 0.161. The fourth-order valence-corrected chi connectivity index (χ4v) is 2.18. The van der Waals surface area contributed by atoms with E-state index in [1.807, 2.05) is 12.1 Å². The van der Waals surface area contributed by atoms with E-state index in [0.29, 0.717) is 13.2 Å². The van der Waals surface area contributed by atoms with Crippen LogP contribution in [-0.2, 0) is 11.3 Å². The van der Waals surface area contributed by atoms with Gasteiger partial charge >= 0.3 is 0 Å². The highest BCUT2D eigenvalue weighted by molar-refractivity contribution is 9.10. The van der Waals surface area contributed by atoms with Crippen LogP contribution in [0.5, 0.6) is 5.75 Å². The van der Waals surface area contributed by atoms with Gasteiger partial charge in [-0.05, 0) is 46.2 Å². The molecule has 0 heterocycles. The van der Waals surface area contributed by atoms with Gasteiger partial charge in [0.1, 0.15) is 5.75 Å². The van der Waals surface area contributed by atoms with Gasteiger partial charge in [0, 0.05) is 13.7 Å². The zero-order valence-electron chi connectivity index (χ0n) is 10.3. The second-order valence-electron chi connectivity index (χ2n) is 3.69. The lowest BCUT2D eigenvalue weighted by atomic mass is 10.0. The Morgan fingerprint density at radius 1 is 1.41 bits per heavy atom. The highest BCUT2D eigenvalue weighted by atomic mass is 79.9. The minimum atomic E-state index is -0.563. The number of methoxy groups -OCH3 is 2. The van der Waals surface area contributed by atoms with Crippen molar-refractivity contribution >= 4 is 15.9 Å². The van der Waals surface area contributed by atoms with E-state index in [0.717, 1.165) is 21.3 Å². The first-order chi connectivity index (χ1) is 8.13. The van der Waals surface area contributed by atoms with Crippen LogP contribution in [0.3, 0.4) is 0 Å². The molecule has 0 fully saturated rings. The van der Waals surface area contributed by atoms with Crippen molar-refractivity contribution in [3.63, 3.8) is 0 Å². The smallest absolute Gasteiger partial charge is 0.133 e. The molecule has 96 valence electrons. The number of aliphatic hydroxyl groups excluding tert-OH is 1. The second kappa shape index (κ2) is 6.96. The Hall–Kier alpha value is -0.620. The average molecular weight is 304 g/mol. The van der Waals surface area contributed by atoms with E-state index in [1.165, 1.54) is 0 Å². The van der Waals surface area contributed by atoms with Crippen LogP contribution in [0.4, 0.5) is 0 Å². The van der Waals surface area contributed by atoms with E-state index in [4.69, 9.17) is 9.47 Å². The number of aliphatic hydroxyl groups is 1. The third-order valence-electron chi connectivity index (χ3n) is 2.47. The maximum absolute atomic E-state index is 10.0. The monoisotopic (exact) mass is 303 g/mol. The molecule has 0 saturated heterocycles. The van der Waals surface area contributed by atoms with Crippen molar-refractivity contribution < 1.29 is 14.6 Å². The molecule has 0 saturated carbocycles. The first-order valence-electron chi connectivity index (χ1n) is 5.32. The largest absolute Gasteiger partial charge is 0.496 e. The molecule has 0 spiro atoms. The molecule has 0 aliphatic heterocycles. The van der Waals surface area contributed by atoms with E-state index in [2.05, 4.69) is 21.2 Å². The van der Waals surface area contributed by atoms with Gasteiger partial charge in [-0.3, -0.25) is 0 Å². The zero-order valence-corrected chi connectivity index (χ0v) is 11.9. The predicted molar refractivity (Wildman–Crippen MR) is 70.3 cm³/mol. The zero-order chi connectivity index (χ0) is 12.8. The Balaban J connectivity index is 3.12. The van der Waals surface area contributed by atoms with Crippen LogP contribution < -0.4 is 10.1 Å². The molecule has 17 heavy (non-hydrogen) atoms. The number of hydrogen-bond acceptors (Lipinski definition) is 4. The van der Waals surface area contributed by atoms with Crippen LogP contribution in [0.2, 0.25) is 0 Å². The fraction of sp³-hybridized carbons (Fsp3) is 0.500. The van der Waals surface area contributed by atoms with Gasteiger partial charge in [0.2, 0.25) is 0 Å². The SMILES string of the molecule is CNCC(O)c1cc(Br)c(OC)cc1COC. The van der Waals surface area contributed by atoms with Gasteiger partial charge in [-0.15, -0.1) is 0 Å². The molecule has 1 unspecified atom stereocenters. The molecular weight excluding hydrogens is 286 g/mol. The van der Waals surface area contributed by atoms with Crippen LogP contribution in [-0.4, -0.2) is 32.9 Å². The average Bonchev–Trinajstić information content (AvgIpc) is 2.31. The third kappa shape index (κ3) is 3.67. The van der Waals surface area contributed by atoms with Crippen LogP contribution >= 0.6 is 15.9 Å². The molecule has 0 radical (unpaired) electrons. The minimum Gasteiger partial charge on any atom is -0.496 e. The van der Waals surface area contributed by atoms with Gasteiger partial charge in [-0.2, -0.15) is 0 Å². The summed E-state index contributed by atoms with van der Waals surface area (Å²) >= 11 is 3.41. The molecular formula is C12H18BrNO3. The highest BCUT2D eigenvalue weighted by Crippen LogP contribution is 2.31. The Labute approximate surface area is 110 Å². The van der Waals surface area contributed by atoms with Gasteiger partial charge < -0.3 is 19.9 Å². The van der Waals surface area contributed by atoms with Gasteiger partial charge in [0.25, 0.3) is 0 Å². The molecule has 0 aliphatic carbocycles. The second-order valence-corrected chi connectivity index (χ2v) is 4.55. The van der Waals surface area contributed by atoms with E-state index in [-0.39, 0.29) is 0 Å². The van der Waals surface area contributed by atoms with Crippen LogP contribution in [0.25, 0.3) is 0 Å². The Bertz CT molecular complexity index is 371. The first kappa shape index (κ1) is 14.4. The summed E-state index contributed by atoms with van der Waals surface area (Å²) < 4.78 is 11.2. The normalized spacial score (nSPS) is 12.5. The van der Waals surface area contributed by atoms with Crippen molar-refractivity contribution in [3.8, 4) is 5.75 Å². The summed E-state index contributed by atoms with van der Waals surface area (Å²) in [5, 5.41) is 13.0. The molecule has 1 atom stereocenters. The molecule has 0 aromatic heterocycles. The summed E-state index contributed by atoms with van der Waals surface area (Å²) in [6.45, 7) is 0.940. The summed E-state index contributed by atoms with van der Waals surface area (Å²) in [6.07, 6.45) is -0.563. The molecule has 0 amide bonds. The first-order valence-corrected chi connectivity index (χ1v) is 6.11.